The minimum atomic E-state index is -3.54. The van der Waals surface area contributed by atoms with Crippen LogP contribution in [0.4, 0.5) is 5.69 Å². The van der Waals surface area contributed by atoms with Crippen molar-refractivity contribution in [1.82, 2.24) is 9.21 Å². The number of rotatable bonds is 6. The Labute approximate surface area is 183 Å². The Bertz CT molecular complexity index is 1020. The zero-order chi connectivity index (χ0) is 21.9. The summed E-state index contributed by atoms with van der Waals surface area (Å²) in [6.07, 6.45) is 2.00. The summed E-state index contributed by atoms with van der Waals surface area (Å²) >= 11 is 1.62. The van der Waals surface area contributed by atoms with Gasteiger partial charge in [-0.2, -0.15) is 4.31 Å². The van der Waals surface area contributed by atoms with Gasteiger partial charge >= 0.3 is 0 Å². The van der Waals surface area contributed by atoms with Crippen molar-refractivity contribution >= 4 is 33.4 Å². The van der Waals surface area contributed by atoms with Gasteiger partial charge in [0.05, 0.1) is 10.9 Å². The van der Waals surface area contributed by atoms with Crippen LogP contribution in [0.15, 0.2) is 52.3 Å². The van der Waals surface area contributed by atoms with E-state index in [1.807, 2.05) is 68.3 Å². The highest BCUT2D eigenvalue weighted by Crippen LogP contribution is 2.23. The maximum atomic E-state index is 13.1. The van der Waals surface area contributed by atoms with Crippen molar-refractivity contribution in [3.63, 3.8) is 0 Å². The third-order valence-corrected chi connectivity index (χ3v) is 8.27. The van der Waals surface area contributed by atoms with Gasteiger partial charge < -0.3 is 5.32 Å². The number of piperazine rings is 1. The van der Waals surface area contributed by atoms with E-state index in [0.717, 1.165) is 21.7 Å². The number of carbonyl (C=O) groups is 1. The Morgan fingerprint density at radius 1 is 1.07 bits per heavy atom. The number of sulfonamides is 1. The van der Waals surface area contributed by atoms with Gasteiger partial charge in [0.15, 0.2) is 0 Å². The first-order valence-corrected chi connectivity index (χ1v) is 12.6. The third-order valence-electron chi connectivity index (χ3n) is 5.50. The van der Waals surface area contributed by atoms with E-state index in [1.165, 1.54) is 4.31 Å². The average Bonchev–Trinajstić information content (AvgIpc) is 2.75. The summed E-state index contributed by atoms with van der Waals surface area (Å²) in [5.74, 6) is -0.0842. The molecule has 1 unspecified atom stereocenters. The van der Waals surface area contributed by atoms with Crippen LogP contribution in [0.1, 0.15) is 18.1 Å². The molecule has 8 heteroatoms. The number of amides is 1. The molecule has 162 valence electrons. The minimum Gasteiger partial charge on any atom is -0.325 e. The molecule has 0 aliphatic carbocycles. The molecule has 0 spiro atoms. The van der Waals surface area contributed by atoms with Crippen LogP contribution in [-0.4, -0.2) is 62.0 Å². The largest absolute Gasteiger partial charge is 0.325 e. The third kappa shape index (κ3) is 5.06. The van der Waals surface area contributed by atoms with E-state index in [1.54, 1.807) is 17.8 Å². The molecule has 6 nitrogen and oxygen atoms in total. The standard InChI is InChI=1S/C22H29N3O3S2/c1-16-8-9-17(2)21(14-16)30(27,28)25-12-10-24(11-13-25)18(3)22(26)23-19-6-5-7-20(15-19)29-4/h5-9,14-15,18H,10-13H2,1-4H3,(H,23,26). The van der Waals surface area contributed by atoms with Gasteiger partial charge in [-0.1, -0.05) is 18.2 Å². The molecule has 3 rings (SSSR count). The molecule has 1 atom stereocenters. The van der Waals surface area contributed by atoms with Crippen molar-refractivity contribution in [2.24, 2.45) is 0 Å². The molecule has 0 saturated carbocycles. The topological polar surface area (TPSA) is 69.7 Å². The van der Waals surface area contributed by atoms with Crippen LogP contribution < -0.4 is 5.32 Å². The molecule has 1 aliphatic rings. The van der Waals surface area contributed by atoms with Gasteiger partial charge in [0, 0.05) is 36.8 Å². The van der Waals surface area contributed by atoms with Gasteiger partial charge in [0.2, 0.25) is 15.9 Å². The van der Waals surface area contributed by atoms with Gasteiger partial charge in [-0.25, -0.2) is 8.42 Å². The molecule has 1 fully saturated rings. The Balaban J connectivity index is 1.63. The zero-order valence-electron chi connectivity index (χ0n) is 17.9. The number of nitrogens with zero attached hydrogens (tertiary/aromatic N) is 2. The molecule has 1 aliphatic heterocycles. The number of thioether (sulfide) groups is 1. The van der Waals surface area contributed by atoms with Gasteiger partial charge in [0.25, 0.3) is 0 Å². The van der Waals surface area contributed by atoms with Crippen molar-refractivity contribution in [2.75, 3.05) is 37.8 Å². The second-order valence-corrected chi connectivity index (χ2v) is 10.4. The number of hydrogen-bond donors (Lipinski definition) is 1. The van der Waals surface area contributed by atoms with Crippen molar-refractivity contribution in [2.45, 2.75) is 36.6 Å². The second kappa shape index (κ2) is 9.51. The average molecular weight is 448 g/mol. The quantitative estimate of drug-likeness (QED) is 0.688. The monoisotopic (exact) mass is 447 g/mol. The minimum absolute atomic E-state index is 0.0842. The van der Waals surface area contributed by atoms with Crippen LogP contribution >= 0.6 is 11.8 Å². The summed E-state index contributed by atoms with van der Waals surface area (Å²) in [6, 6.07) is 12.9. The number of carbonyl (C=O) groups excluding carboxylic acids is 1. The summed E-state index contributed by atoms with van der Waals surface area (Å²) in [7, 11) is -3.54. The summed E-state index contributed by atoms with van der Waals surface area (Å²) < 4.78 is 27.7. The van der Waals surface area contributed by atoms with Crippen LogP contribution in [0.3, 0.4) is 0 Å². The molecule has 2 aromatic carbocycles. The van der Waals surface area contributed by atoms with Crippen molar-refractivity contribution in [3.05, 3.63) is 53.6 Å². The highest BCUT2D eigenvalue weighted by molar-refractivity contribution is 7.98. The highest BCUT2D eigenvalue weighted by atomic mass is 32.2. The maximum absolute atomic E-state index is 13.1. The first kappa shape index (κ1) is 22.8. The Morgan fingerprint density at radius 3 is 2.43 bits per heavy atom. The van der Waals surface area contributed by atoms with E-state index >= 15 is 0 Å². The SMILES string of the molecule is CSc1cccc(NC(=O)C(C)N2CCN(S(=O)(=O)c3cc(C)ccc3C)CC2)c1. The Kier molecular flexibility index (Phi) is 7.23. The van der Waals surface area contributed by atoms with E-state index in [-0.39, 0.29) is 11.9 Å². The number of anilines is 1. The molecule has 1 saturated heterocycles. The molecular formula is C22H29N3O3S2. The summed E-state index contributed by atoms with van der Waals surface area (Å²) in [6.45, 7) is 7.35. The van der Waals surface area contributed by atoms with Gasteiger partial charge in [-0.15, -0.1) is 11.8 Å². The number of aryl methyl sites for hydroxylation is 2. The fraction of sp³-hybridized carbons (Fsp3) is 0.409. The van der Waals surface area contributed by atoms with Crippen molar-refractivity contribution < 1.29 is 13.2 Å². The molecule has 0 radical (unpaired) electrons. The predicted molar refractivity (Wildman–Crippen MR) is 123 cm³/mol. The van der Waals surface area contributed by atoms with Gasteiger partial charge in [-0.05, 0) is 62.4 Å². The van der Waals surface area contributed by atoms with E-state index < -0.39 is 10.0 Å². The lowest BCUT2D eigenvalue weighted by atomic mass is 10.2. The molecule has 1 amide bonds. The van der Waals surface area contributed by atoms with Crippen LogP contribution in [0, 0.1) is 13.8 Å². The lowest BCUT2D eigenvalue weighted by Crippen LogP contribution is -2.54. The second-order valence-electron chi connectivity index (χ2n) is 7.61. The fourth-order valence-corrected chi connectivity index (χ4v) is 5.76. The van der Waals surface area contributed by atoms with Crippen LogP contribution in [0.2, 0.25) is 0 Å². The molecule has 2 aromatic rings. The van der Waals surface area contributed by atoms with Crippen LogP contribution in [0.5, 0.6) is 0 Å². The van der Waals surface area contributed by atoms with Crippen molar-refractivity contribution in [1.29, 1.82) is 0 Å². The Hall–Kier alpha value is -1.87. The van der Waals surface area contributed by atoms with E-state index in [4.69, 9.17) is 0 Å². The molecule has 1 heterocycles. The van der Waals surface area contributed by atoms with Crippen LogP contribution in [0.25, 0.3) is 0 Å². The van der Waals surface area contributed by atoms with Gasteiger partial charge in [-0.3, -0.25) is 9.69 Å². The number of benzene rings is 2. The van der Waals surface area contributed by atoms with Crippen LogP contribution in [-0.2, 0) is 14.8 Å². The maximum Gasteiger partial charge on any atom is 0.243 e. The first-order chi connectivity index (χ1) is 14.2. The highest BCUT2D eigenvalue weighted by Gasteiger charge is 2.32. The molecule has 30 heavy (non-hydrogen) atoms. The molecular weight excluding hydrogens is 418 g/mol. The van der Waals surface area contributed by atoms with E-state index in [9.17, 15) is 13.2 Å². The van der Waals surface area contributed by atoms with Gasteiger partial charge in [0.1, 0.15) is 0 Å². The molecule has 0 aromatic heterocycles. The fourth-order valence-electron chi connectivity index (χ4n) is 3.57. The first-order valence-electron chi connectivity index (χ1n) is 9.99. The number of nitrogens with one attached hydrogen (secondary N) is 1. The van der Waals surface area contributed by atoms with E-state index in [2.05, 4.69) is 5.32 Å². The normalized spacial score (nSPS) is 16.9. The lowest BCUT2D eigenvalue weighted by molar-refractivity contribution is -0.121. The van der Waals surface area contributed by atoms with Crippen molar-refractivity contribution in [3.8, 4) is 0 Å². The van der Waals surface area contributed by atoms with E-state index in [0.29, 0.717) is 31.1 Å². The molecule has 1 N–H and O–H groups in total. The summed E-state index contributed by atoms with van der Waals surface area (Å²) in [4.78, 5) is 16.2. The molecule has 0 bridgehead atoms. The zero-order valence-corrected chi connectivity index (χ0v) is 19.5. The smallest absolute Gasteiger partial charge is 0.243 e. The summed E-state index contributed by atoms with van der Waals surface area (Å²) in [5, 5.41) is 2.97. The number of hydrogen-bond acceptors (Lipinski definition) is 5. The lowest BCUT2D eigenvalue weighted by Gasteiger charge is -2.37. The predicted octanol–water partition coefficient (Wildman–Crippen LogP) is 3.36. The Morgan fingerprint density at radius 2 is 1.77 bits per heavy atom. The summed E-state index contributed by atoms with van der Waals surface area (Å²) in [5.41, 5.74) is 2.45.